The number of hydrogen-bond acceptors (Lipinski definition) is 3. The molecule has 1 atom stereocenters. The minimum absolute atomic E-state index is 0.0224. The van der Waals surface area contributed by atoms with Crippen molar-refractivity contribution in [3.05, 3.63) is 0 Å². The van der Waals surface area contributed by atoms with E-state index in [-0.39, 0.29) is 12.2 Å². The number of likely N-dealkylation sites (tertiary alicyclic amines) is 1. The topological polar surface area (TPSA) is 41.6 Å². The number of carbonyl (C=O) groups is 1. The zero-order valence-electron chi connectivity index (χ0n) is 9.25. The van der Waals surface area contributed by atoms with Crippen molar-refractivity contribution in [1.29, 1.82) is 0 Å². The summed E-state index contributed by atoms with van der Waals surface area (Å²) >= 11 is 0. The van der Waals surface area contributed by atoms with Gasteiger partial charge < -0.3 is 15.0 Å². The Bertz CT molecular complexity index is 195. The molecule has 0 saturated carbocycles. The largest absolute Gasteiger partial charge is 0.447 e. The highest BCUT2D eigenvalue weighted by atomic mass is 16.6. The number of amides is 1. The summed E-state index contributed by atoms with van der Waals surface area (Å²) in [4.78, 5) is 13.3. The third kappa shape index (κ3) is 3.18. The van der Waals surface area contributed by atoms with E-state index < -0.39 is 0 Å². The third-order valence-corrected chi connectivity index (χ3v) is 2.37. The molecule has 1 heterocycles. The van der Waals surface area contributed by atoms with Gasteiger partial charge in [-0.25, -0.2) is 4.79 Å². The maximum absolute atomic E-state index is 11.5. The number of ether oxygens (including phenoxy) is 1. The maximum atomic E-state index is 11.5. The molecule has 4 nitrogen and oxygen atoms in total. The van der Waals surface area contributed by atoms with Crippen molar-refractivity contribution in [3.63, 3.8) is 0 Å². The van der Waals surface area contributed by atoms with E-state index in [4.69, 9.17) is 4.74 Å². The van der Waals surface area contributed by atoms with E-state index in [1.165, 1.54) is 0 Å². The van der Waals surface area contributed by atoms with E-state index in [9.17, 15) is 4.79 Å². The van der Waals surface area contributed by atoms with Crippen LogP contribution < -0.4 is 5.32 Å². The van der Waals surface area contributed by atoms with Crippen LogP contribution in [-0.2, 0) is 4.74 Å². The molecule has 4 heteroatoms. The molecule has 0 aromatic rings. The first-order valence-electron chi connectivity index (χ1n) is 5.23. The molecule has 1 unspecified atom stereocenters. The molecule has 0 bridgehead atoms. The smallest absolute Gasteiger partial charge is 0.410 e. The number of carbonyl (C=O) groups excluding carboxylic acids is 1. The second-order valence-electron chi connectivity index (χ2n) is 4.09. The lowest BCUT2D eigenvalue weighted by molar-refractivity contribution is 0.0826. The molecular formula is C10H20N2O2. The fourth-order valence-electron chi connectivity index (χ4n) is 1.73. The summed E-state index contributed by atoms with van der Waals surface area (Å²) in [5, 5.41) is 3.13. The van der Waals surface area contributed by atoms with Gasteiger partial charge >= 0.3 is 6.09 Å². The number of nitrogens with zero attached hydrogens (tertiary/aromatic N) is 1. The predicted molar refractivity (Wildman–Crippen MR) is 55.2 cm³/mol. The maximum Gasteiger partial charge on any atom is 0.410 e. The van der Waals surface area contributed by atoms with Crippen LogP contribution in [0.1, 0.15) is 20.3 Å². The van der Waals surface area contributed by atoms with Gasteiger partial charge in [0.2, 0.25) is 0 Å². The van der Waals surface area contributed by atoms with Crippen molar-refractivity contribution in [2.75, 3.05) is 26.7 Å². The van der Waals surface area contributed by atoms with Gasteiger partial charge in [-0.05, 0) is 39.8 Å². The summed E-state index contributed by atoms with van der Waals surface area (Å²) in [6, 6.07) is 0. The standard InChI is InChI=1S/C10H20N2O2/c1-8(2)14-10(13)12-5-4-9(7-12)6-11-3/h8-9,11H,4-7H2,1-3H3. The van der Waals surface area contributed by atoms with Gasteiger partial charge in [0.15, 0.2) is 0 Å². The van der Waals surface area contributed by atoms with E-state index in [1.807, 2.05) is 20.9 Å². The lowest BCUT2D eigenvalue weighted by Crippen LogP contribution is -2.32. The van der Waals surface area contributed by atoms with Gasteiger partial charge in [-0.15, -0.1) is 0 Å². The Morgan fingerprint density at radius 2 is 2.36 bits per heavy atom. The van der Waals surface area contributed by atoms with E-state index in [1.54, 1.807) is 4.90 Å². The highest BCUT2D eigenvalue weighted by Crippen LogP contribution is 2.16. The number of nitrogens with one attached hydrogen (secondary N) is 1. The van der Waals surface area contributed by atoms with Gasteiger partial charge in [0.25, 0.3) is 0 Å². The van der Waals surface area contributed by atoms with Crippen LogP contribution in [0.4, 0.5) is 4.79 Å². The van der Waals surface area contributed by atoms with Gasteiger partial charge in [0, 0.05) is 13.1 Å². The molecule has 0 aromatic heterocycles. The second-order valence-corrected chi connectivity index (χ2v) is 4.09. The fourth-order valence-corrected chi connectivity index (χ4v) is 1.73. The highest BCUT2D eigenvalue weighted by molar-refractivity contribution is 5.68. The molecular weight excluding hydrogens is 180 g/mol. The van der Waals surface area contributed by atoms with Crippen molar-refractivity contribution in [3.8, 4) is 0 Å². The zero-order valence-corrected chi connectivity index (χ0v) is 9.25. The second kappa shape index (κ2) is 5.20. The van der Waals surface area contributed by atoms with Gasteiger partial charge in [-0.2, -0.15) is 0 Å². The molecule has 1 rings (SSSR count). The summed E-state index contributed by atoms with van der Waals surface area (Å²) in [7, 11) is 1.94. The quantitative estimate of drug-likeness (QED) is 0.741. The Kier molecular flexibility index (Phi) is 4.20. The highest BCUT2D eigenvalue weighted by Gasteiger charge is 2.26. The van der Waals surface area contributed by atoms with Crippen molar-refractivity contribution in [2.24, 2.45) is 5.92 Å². The Balaban J connectivity index is 2.30. The number of rotatable bonds is 3. The van der Waals surface area contributed by atoms with Crippen molar-refractivity contribution in [2.45, 2.75) is 26.4 Å². The van der Waals surface area contributed by atoms with Gasteiger partial charge in [-0.1, -0.05) is 0 Å². The van der Waals surface area contributed by atoms with Crippen LogP contribution in [0.15, 0.2) is 0 Å². The molecule has 0 aromatic carbocycles. The monoisotopic (exact) mass is 200 g/mol. The van der Waals surface area contributed by atoms with Crippen LogP contribution in [0.2, 0.25) is 0 Å². The molecule has 0 aliphatic carbocycles. The van der Waals surface area contributed by atoms with Crippen LogP contribution in [-0.4, -0.2) is 43.8 Å². The SMILES string of the molecule is CNCC1CCN(C(=O)OC(C)C)C1. The van der Waals surface area contributed by atoms with E-state index in [2.05, 4.69) is 5.32 Å². The van der Waals surface area contributed by atoms with Gasteiger partial charge in [-0.3, -0.25) is 0 Å². The summed E-state index contributed by atoms with van der Waals surface area (Å²) < 4.78 is 5.13. The summed E-state index contributed by atoms with van der Waals surface area (Å²) in [5.74, 6) is 0.583. The minimum Gasteiger partial charge on any atom is -0.447 e. The first-order valence-corrected chi connectivity index (χ1v) is 5.23. The molecule has 1 aliphatic heterocycles. The van der Waals surface area contributed by atoms with E-state index in [0.29, 0.717) is 5.92 Å². The van der Waals surface area contributed by atoms with E-state index in [0.717, 1.165) is 26.1 Å². The van der Waals surface area contributed by atoms with Crippen molar-refractivity contribution >= 4 is 6.09 Å². The lowest BCUT2D eigenvalue weighted by Gasteiger charge is -2.18. The van der Waals surface area contributed by atoms with Crippen LogP contribution in [0.5, 0.6) is 0 Å². The van der Waals surface area contributed by atoms with Crippen molar-refractivity contribution < 1.29 is 9.53 Å². The Morgan fingerprint density at radius 3 is 2.93 bits per heavy atom. The summed E-state index contributed by atoms with van der Waals surface area (Å²) in [6.07, 6.45) is 0.887. The third-order valence-electron chi connectivity index (χ3n) is 2.37. The molecule has 0 radical (unpaired) electrons. The minimum atomic E-state index is -0.168. The van der Waals surface area contributed by atoms with Crippen LogP contribution in [0.3, 0.4) is 0 Å². The molecule has 0 spiro atoms. The molecule has 1 aliphatic rings. The summed E-state index contributed by atoms with van der Waals surface area (Å²) in [5.41, 5.74) is 0. The average molecular weight is 200 g/mol. The first kappa shape index (κ1) is 11.3. The molecule has 1 N–H and O–H groups in total. The Labute approximate surface area is 85.6 Å². The molecule has 82 valence electrons. The van der Waals surface area contributed by atoms with Gasteiger partial charge in [0.05, 0.1) is 6.10 Å². The predicted octanol–water partition coefficient (Wildman–Crippen LogP) is 1.07. The molecule has 1 fully saturated rings. The number of hydrogen-bond donors (Lipinski definition) is 1. The normalized spacial score (nSPS) is 21.7. The van der Waals surface area contributed by atoms with E-state index >= 15 is 0 Å². The van der Waals surface area contributed by atoms with Crippen LogP contribution in [0, 0.1) is 5.92 Å². The van der Waals surface area contributed by atoms with Crippen molar-refractivity contribution in [1.82, 2.24) is 10.2 Å². The molecule has 1 saturated heterocycles. The van der Waals surface area contributed by atoms with Crippen LogP contribution >= 0.6 is 0 Å². The Hall–Kier alpha value is -0.770. The average Bonchev–Trinajstić information content (AvgIpc) is 2.52. The van der Waals surface area contributed by atoms with Crippen LogP contribution in [0.25, 0.3) is 0 Å². The van der Waals surface area contributed by atoms with Gasteiger partial charge in [0.1, 0.15) is 0 Å². The molecule has 14 heavy (non-hydrogen) atoms. The summed E-state index contributed by atoms with van der Waals surface area (Å²) in [6.45, 7) is 6.38. The lowest BCUT2D eigenvalue weighted by atomic mass is 10.1. The fraction of sp³-hybridized carbons (Fsp3) is 0.900. The first-order chi connectivity index (χ1) is 6.63. The zero-order chi connectivity index (χ0) is 10.6. The molecule has 1 amide bonds. The Morgan fingerprint density at radius 1 is 1.64 bits per heavy atom.